The van der Waals surface area contributed by atoms with Crippen LogP contribution in [0.4, 0.5) is 10.1 Å². The molecule has 24 heavy (non-hydrogen) atoms. The van der Waals surface area contributed by atoms with E-state index in [-0.39, 0.29) is 11.5 Å². The fourth-order valence-corrected chi connectivity index (χ4v) is 2.38. The number of nitrogens with one attached hydrogen (secondary N) is 1. The highest BCUT2D eigenvalue weighted by Gasteiger charge is 2.11. The SMILES string of the molecule is CCn1cnnc1-c1cccc(NC(=O)c2ccc(C)c(F)c2)c1. The van der Waals surface area contributed by atoms with Crippen molar-refractivity contribution in [3.8, 4) is 11.4 Å². The maximum absolute atomic E-state index is 13.6. The summed E-state index contributed by atoms with van der Waals surface area (Å²) in [4.78, 5) is 12.3. The first-order valence-corrected chi connectivity index (χ1v) is 7.64. The highest BCUT2D eigenvalue weighted by Crippen LogP contribution is 2.21. The number of benzene rings is 2. The zero-order valence-corrected chi connectivity index (χ0v) is 13.5. The summed E-state index contributed by atoms with van der Waals surface area (Å²) in [6, 6.07) is 11.8. The van der Waals surface area contributed by atoms with Gasteiger partial charge < -0.3 is 9.88 Å². The van der Waals surface area contributed by atoms with Gasteiger partial charge in [-0.3, -0.25) is 4.79 Å². The van der Waals surface area contributed by atoms with E-state index < -0.39 is 5.82 Å². The number of nitrogens with zero attached hydrogens (tertiary/aromatic N) is 3. The van der Waals surface area contributed by atoms with Crippen molar-refractivity contribution in [1.29, 1.82) is 0 Å². The third kappa shape index (κ3) is 3.17. The molecule has 1 heterocycles. The lowest BCUT2D eigenvalue weighted by molar-refractivity contribution is 0.102. The molecule has 1 N–H and O–H groups in total. The van der Waals surface area contributed by atoms with Gasteiger partial charge in [0.2, 0.25) is 0 Å². The van der Waals surface area contributed by atoms with Crippen LogP contribution in [0.25, 0.3) is 11.4 Å². The number of anilines is 1. The molecular weight excluding hydrogens is 307 g/mol. The Bertz CT molecular complexity index is 888. The lowest BCUT2D eigenvalue weighted by atomic mass is 10.1. The summed E-state index contributed by atoms with van der Waals surface area (Å²) in [5, 5.41) is 10.8. The van der Waals surface area contributed by atoms with Crippen molar-refractivity contribution in [3.05, 3.63) is 65.7 Å². The Morgan fingerprint density at radius 3 is 2.83 bits per heavy atom. The Labute approximate surface area is 139 Å². The Hall–Kier alpha value is -3.02. The minimum Gasteiger partial charge on any atom is -0.322 e. The van der Waals surface area contributed by atoms with Gasteiger partial charge in [-0.1, -0.05) is 18.2 Å². The standard InChI is InChI=1S/C18H17FN4O/c1-3-23-11-20-22-17(23)13-5-4-6-15(9-13)21-18(24)14-8-7-12(2)16(19)10-14/h4-11H,3H2,1-2H3,(H,21,24). The number of aromatic nitrogens is 3. The Balaban J connectivity index is 1.84. The van der Waals surface area contributed by atoms with Gasteiger partial charge in [0.15, 0.2) is 5.82 Å². The molecule has 0 saturated heterocycles. The predicted molar refractivity (Wildman–Crippen MR) is 90.2 cm³/mol. The van der Waals surface area contributed by atoms with Crippen molar-refractivity contribution in [3.63, 3.8) is 0 Å². The van der Waals surface area contributed by atoms with E-state index in [4.69, 9.17) is 0 Å². The molecule has 0 aliphatic heterocycles. The summed E-state index contributed by atoms with van der Waals surface area (Å²) in [5.74, 6) is -0.0227. The van der Waals surface area contributed by atoms with Gasteiger partial charge in [-0.2, -0.15) is 0 Å². The summed E-state index contributed by atoms with van der Waals surface area (Å²) in [7, 11) is 0. The van der Waals surface area contributed by atoms with Gasteiger partial charge in [-0.05, 0) is 43.7 Å². The molecule has 5 nitrogen and oxygen atoms in total. The minimum absolute atomic E-state index is 0.278. The van der Waals surface area contributed by atoms with Crippen molar-refractivity contribution in [2.24, 2.45) is 0 Å². The molecule has 1 amide bonds. The van der Waals surface area contributed by atoms with Gasteiger partial charge in [0.1, 0.15) is 12.1 Å². The van der Waals surface area contributed by atoms with E-state index >= 15 is 0 Å². The van der Waals surface area contributed by atoms with Gasteiger partial charge in [0.25, 0.3) is 5.91 Å². The van der Waals surface area contributed by atoms with Crippen LogP contribution in [0.2, 0.25) is 0 Å². The second-order valence-electron chi connectivity index (χ2n) is 5.44. The van der Waals surface area contributed by atoms with E-state index in [9.17, 15) is 9.18 Å². The first-order chi connectivity index (χ1) is 11.6. The van der Waals surface area contributed by atoms with Gasteiger partial charge in [-0.25, -0.2) is 4.39 Å². The molecule has 0 saturated carbocycles. The molecular formula is C18H17FN4O. The first kappa shape index (κ1) is 15.9. The zero-order chi connectivity index (χ0) is 17.1. The Morgan fingerprint density at radius 2 is 2.08 bits per heavy atom. The Kier molecular flexibility index (Phi) is 4.37. The molecule has 3 aromatic rings. The van der Waals surface area contributed by atoms with Crippen molar-refractivity contribution in [2.75, 3.05) is 5.32 Å². The summed E-state index contributed by atoms with van der Waals surface area (Å²) in [5.41, 5.74) is 2.25. The zero-order valence-electron chi connectivity index (χ0n) is 13.5. The number of hydrogen-bond acceptors (Lipinski definition) is 3. The molecule has 0 unspecified atom stereocenters. The van der Waals surface area contributed by atoms with Crippen molar-refractivity contribution < 1.29 is 9.18 Å². The number of rotatable bonds is 4. The van der Waals surface area contributed by atoms with E-state index in [1.807, 2.05) is 29.7 Å². The summed E-state index contributed by atoms with van der Waals surface area (Å²) < 4.78 is 15.5. The van der Waals surface area contributed by atoms with E-state index in [1.165, 1.54) is 6.07 Å². The molecule has 6 heteroatoms. The number of halogens is 1. The van der Waals surface area contributed by atoms with Crippen LogP contribution in [-0.4, -0.2) is 20.7 Å². The van der Waals surface area contributed by atoms with Gasteiger partial charge >= 0.3 is 0 Å². The van der Waals surface area contributed by atoms with E-state index in [1.54, 1.807) is 31.5 Å². The average molecular weight is 324 g/mol. The smallest absolute Gasteiger partial charge is 0.255 e. The second kappa shape index (κ2) is 6.62. The molecule has 1 aromatic heterocycles. The topological polar surface area (TPSA) is 59.8 Å². The molecule has 2 aromatic carbocycles. The molecule has 0 bridgehead atoms. The maximum atomic E-state index is 13.6. The third-order valence-electron chi connectivity index (χ3n) is 3.77. The molecule has 0 aliphatic carbocycles. The van der Waals surface area contributed by atoms with Gasteiger partial charge in [0, 0.05) is 23.4 Å². The summed E-state index contributed by atoms with van der Waals surface area (Å²) in [6.07, 6.45) is 1.66. The molecule has 0 aliphatic rings. The quantitative estimate of drug-likeness (QED) is 0.796. The lowest BCUT2D eigenvalue weighted by Gasteiger charge is -2.08. The van der Waals surface area contributed by atoms with Crippen molar-refractivity contribution in [2.45, 2.75) is 20.4 Å². The number of amides is 1. The molecule has 0 spiro atoms. The fourth-order valence-electron chi connectivity index (χ4n) is 2.38. The molecule has 0 radical (unpaired) electrons. The normalized spacial score (nSPS) is 10.6. The average Bonchev–Trinajstić information content (AvgIpc) is 3.06. The van der Waals surface area contributed by atoms with Crippen LogP contribution >= 0.6 is 0 Å². The summed E-state index contributed by atoms with van der Waals surface area (Å²) >= 11 is 0. The first-order valence-electron chi connectivity index (χ1n) is 7.64. The highest BCUT2D eigenvalue weighted by atomic mass is 19.1. The molecule has 0 atom stereocenters. The van der Waals surface area contributed by atoms with Crippen LogP contribution in [0.5, 0.6) is 0 Å². The van der Waals surface area contributed by atoms with Crippen LogP contribution in [-0.2, 0) is 6.54 Å². The lowest BCUT2D eigenvalue weighted by Crippen LogP contribution is -2.12. The van der Waals surface area contributed by atoms with E-state index in [2.05, 4.69) is 15.5 Å². The molecule has 0 fully saturated rings. The fraction of sp³-hybridized carbons (Fsp3) is 0.167. The van der Waals surface area contributed by atoms with Crippen LogP contribution in [0.3, 0.4) is 0 Å². The maximum Gasteiger partial charge on any atom is 0.255 e. The van der Waals surface area contributed by atoms with Gasteiger partial charge in [0.05, 0.1) is 0 Å². The second-order valence-corrected chi connectivity index (χ2v) is 5.44. The number of aryl methyl sites for hydroxylation is 2. The monoisotopic (exact) mass is 324 g/mol. The van der Waals surface area contributed by atoms with Crippen LogP contribution in [0, 0.1) is 12.7 Å². The number of carbonyl (C=O) groups excluding carboxylic acids is 1. The third-order valence-corrected chi connectivity index (χ3v) is 3.77. The highest BCUT2D eigenvalue weighted by molar-refractivity contribution is 6.04. The van der Waals surface area contributed by atoms with E-state index in [0.29, 0.717) is 11.3 Å². The van der Waals surface area contributed by atoms with Crippen molar-refractivity contribution in [1.82, 2.24) is 14.8 Å². The van der Waals surface area contributed by atoms with Crippen molar-refractivity contribution >= 4 is 11.6 Å². The van der Waals surface area contributed by atoms with Crippen LogP contribution < -0.4 is 5.32 Å². The minimum atomic E-state index is -0.396. The number of carbonyl (C=O) groups is 1. The summed E-state index contributed by atoms with van der Waals surface area (Å²) in [6.45, 7) is 4.41. The van der Waals surface area contributed by atoms with E-state index in [0.717, 1.165) is 17.9 Å². The Morgan fingerprint density at radius 1 is 1.25 bits per heavy atom. The van der Waals surface area contributed by atoms with Gasteiger partial charge in [-0.15, -0.1) is 10.2 Å². The number of hydrogen-bond donors (Lipinski definition) is 1. The largest absolute Gasteiger partial charge is 0.322 e. The van der Waals surface area contributed by atoms with Crippen LogP contribution in [0.15, 0.2) is 48.8 Å². The molecule has 3 rings (SSSR count). The predicted octanol–water partition coefficient (Wildman–Crippen LogP) is 3.66. The molecule has 122 valence electrons. The van der Waals surface area contributed by atoms with Crippen LogP contribution in [0.1, 0.15) is 22.8 Å².